The van der Waals surface area contributed by atoms with Gasteiger partial charge in [-0.3, -0.25) is 9.59 Å². The molecule has 5 nitrogen and oxygen atoms in total. The van der Waals surface area contributed by atoms with Gasteiger partial charge in [0.1, 0.15) is 0 Å². The van der Waals surface area contributed by atoms with Crippen molar-refractivity contribution in [1.82, 2.24) is 4.90 Å². The molecular formula is C25H31F2NO4. The number of alkyl halides is 2. The first-order chi connectivity index (χ1) is 15.3. The topological polar surface area (TPSA) is 66.8 Å². The molecule has 1 aromatic rings. The molecule has 1 aliphatic heterocycles. The van der Waals surface area contributed by atoms with Crippen LogP contribution in [-0.2, 0) is 14.3 Å². The Bertz CT molecular complexity index is 829. The summed E-state index contributed by atoms with van der Waals surface area (Å²) in [4.78, 5) is 24.4. The minimum absolute atomic E-state index is 0.223. The zero-order valence-corrected chi connectivity index (χ0v) is 18.4. The van der Waals surface area contributed by atoms with Gasteiger partial charge in [-0.25, -0.2) is 0 Å². The Labute approximate surface area is 188 Å². The van der Waals surface area contributed by atoms with E-state index in [1.165, 1.54) is 24.2 Å². The van der Waals surface area contributed by atoms with Crippen molar-refractivity contribution in [3.63, 3.8) is 0 Å². The molecule has 0 aromatic heterocycles. The molecule has 7 heteroatoms. The van der Waals surface area contributed by atoms with E-state index < -0.39 is 30.4 Å². The van der Waals surface area contributed by atoms with Crippen LogP contribution < -0.4 is 0 Å². The minimum Gasteiger partial charge on any atom is -0.469 e. The summed E-state index contributed by atoms with van der Waals surface area (Å²) in [6, 6.07) is 8.76. The van der Waals surface area contributed by atoms with Gasteiger partial charge in [0.05, 0.1) is 19.3 Å². The predicted molar refractivity (Wildman–Crippen MR) is 118 cm³/mol. The lowest BCUT2D eigenvalue weighted by Gasteiger charge is -2.22. The van der Waals surface area contributed by atoms with Gasteiger partial charge in [-0.2, -0.15) is 8.78 Å². The van der Waals surface area contributed by atoms with Crippen molar-refractivity contribution >= 4 is 11.9 Å². The third kappa shape index (κ3) is 8.43. The monoisotopic (exact) mass is 447 g/mol. The number of carbonyl (C=O) groups excluding carboxylic acids is 2. The Balaban J connectivity index is 1.79. The summed E-state index contributed by atoms with van der Waals surface area (Å²) in [5.41, 5.74) is 0.894. The fourth-order valence-corrected chi connectivity index (χ4v) is 3.53. The van der Waals surface area contributed by atoms with Crippen LogP contribution in [0.4, 0.5) is 8.78 Å². The van der Waals surface area contributed by atoms with Gasteiger partial charge in [0.2, 0.25) is 0 Å². The van der Waals surface area contributed by atoms with Crippen LogP contribution in [0.3, 0.4) is 0 Å². The first-order valence-corrected chi connectivity index (χ1v) is 11.0. The van der Waals surface area contributed by atoms with Crippen molar-refractivity contribution in [1.29, 1.82) is 0 Å². The molecule has 174 valence electrons. The highest BCUT2D eigenvalue weighted by Gasteiger charge is 2.52. The molecule has 0 saturated carbocycles. The molecule has 1 N–H and O–H groups in total. The molecule has 1 saturated heterocycles. The fourth-order valence-electron chi connectivity index (χ4n) is 3.53. The summed E-state index contributed by atoms with van der Waals surface area (Å²) >= 11 is 0. The lowest BCUT2D eigenvalue weighted by atomic mass is 10.1. The second kappa shape index (κ2) is 13.0. The normalized spacial score (nSPS) is 18.4. The molecule has 1 amide bonds. The highest BCUT2D eigenvalue weighted by atomic mass is 19.3. The number of ether oxygens (including phenoxy) is 1. The van der Waals surface area contributed by atoms with Crippen LogP contribution in [0.1, 0.15) is 56.9 Å². The number of methoxy groups -OCH3 is 1. The van der Waals surface area contributed by atoms with Crippen molar-refractivity contribution in [2.45, 2.75) is 69.4 Å². The van der Waals surface area contributed by atoms with Crippen LogP contribution in [0, 0.1) is 11.8 Å². The molecule has 1 fully saturated rings. The molecule has 1 heterocycles. The highest BCUT2D eigenvalue weighted by Crippen LogP contribution is 2.34. The molecule has 2 rings (SSSR count). The standard InChI is InChI=1S/C25H31F2NO4/c1-32-23(30)15-7-2-3-10-18-28-21(19-25(26,27)24(28)31)16-17-22(29)14-9-8-13-20-11-5-4-6-12-20/h4-6,11-12,16-17,21-22,29H,2-3,7,9-10,14-15,18-19H2,1H3/b17-16+/t21-,22?/m0/s1. The molecule has 0 bridgehead atoms. The van der Waals surface area contributed by atoms with E-state index in [2.05, 4.69) is 16.6 Å². The first-order valence-electron chi connectivity index (χ1n) is 11.0. The number of halogens is 2. The Morgan fingerprint density at radius 1 is 1.28 bits per heavy atom. The van der Waals surface area contributed by atoms with E-state index in [9.17, 15) is 23.5 Å². The number of rotatable bonds is 11. The van der Waals surface area contributed by atoms with Gasteiger partial charge in [-0.15, -0.1) is 0 Å². The number of hydrogen-bond donors (Lipinski definition) is 1. The van der Waals surface area contributed by atoms with Crippen LogP contribution in [0.5, 0.6) is 0 Å². The van der Waals surface area contributed by atoms with Gasteiger partial charge in [-0.1, -0.05) is 55.0 Å². The summed E-state index contributed by atoms with van der Waals surface area (Å²) in [5.74, 6) is 1.18. The lowest BCUT2D eigenvalue weighted by molar-refractivity contribution is -0.148. The number of likely N-dealkylation sites (tertiary alicyclic amines) is 1. The number of hydrogen-bond acceptors (Lipinski definition) is 4. The van der Waals surface area contributed by atoms with E-state index in [1.807, 2.05) is 30.3 Å². The summed E-state index contributed by atoms with van der Waals surface area (Å²) in [7, 11) is 1.34. The van der Waals surface area contributed by atoms with Crippen molar-refractivity contribution in [3.8, 4) is 11.8 Å². The number of benzene rings is 1. The Kier molecular flexibility index (Phi) is 10.4. The number of nitrogens with zero attached hydrogens (tertiary/aromatic N) is 1. The van der Waals surface area contributed by atoms with E-state index in [1.54, 1.807) is 0 Å². The molecule has 0 radical (unpaired) electrons. The molecule has 0 aliphatic carbocycles. The SMILES string of the molecule is COC(=O)CCCCCCN1C(=O)C(F)(F)C[C@@H]1/C=C/C(O)CCC#Cc1ccccc1. The summed E-state index contributed by atoms with van der Waals surface area (Å²) in [6.07, 6.45) is 5.50. The zero-order valence-electron chi connectivity index (χ0n) is 18.4. The first kappa shape index (κ1) is 25.5. The molecule has 1 aliphatic rings. The third-order valence-electron chi connectivity index (χ3n) is 5.32. The van der Waals surface area contributed by atoms with Gasteiger partial charge >= 0.3 is 11.9 Å². The molecule has 32 heavy (non-hydrogen) atoms. The van der Waals surface area contributed by atoms with E-state index in [4.69, 9.17) is 0 Å². The maximum Gasteiger partial charge on any atom is 0.327 e. The zero-order chi connectivity index (χ0) is 23.4. The van der Waals surface area contributed by atoms with Crippen LogP contribution in [-0.4, -0.2) is 53.6 Å². The third-order valence-corrected chi connectivity index (χ3v) is 5.32. The van der Waals surface area contributed by atoms with Crippen molar-refractivity contribution < 1.29 is 28.2 Å². The average Bonchev–Trinajstić information content (AvgIpc) is 3.00. The molecule has 1 unspecified atom stereocenters. The van der Waals surface area contributed by atoms with Gasteiger partial charge in [-0.05, 0) is 31.4 Å². The van der Waals surface area contributed by atoms with Crippen molar-refractivity contribution in [3.05, 3.63) is 48.0 Å². The molecule has 0 spiro atoms. The van der Waals surface area contributed by atoms with Gasteiger partial charge in [0.15, 0.2) is 0 Å². The number of amides is 1. The average molecular weight is 448 g/mol. The van der Waals surface area contributed by atoms with Crippen LogP contribution in [0.25, 0.3) is 0 Å². The van der Waals surface area contributed by atoms with Crippen LogP contribution >= 0.6 is 0 Å². The number of esters is 1. The smallest absolute Gasteiger partial charge is 0.327 e. The lowest BCUT2D eigenvalue weighted by Crippen LogP contribution is -2.36. The molecular weight excluding hydrogens is 416 g/mol. The summed E-state index contributed by atoms with van der Waals surface area (Å²) < 4.78 is 32.5. The maximum atomic E-state index is 14.0. The predicted octanol–water partition coefficient (Wildman–Crippen LogP) is 4.10. The summed E-state index contributed by atoms with van der Waals surface area (Å²) in [6.45, 7) is 0.223. The van der Waals surface area contributed by atoms with Gasteiger partial charge in [0.25, 0.3) is 5.91 Å². The molecule has 1 aromatic carbocycles. The van der Waals surface area contributed by atoms with Gasteiger partial charge < -0.3 is 14.7 Å². The van der Waals surface area contributed by atoms with E-state index in [0.29, 0.717) is 32.1 Å². The van der Waals surface area contributed by atoms with Crippen molar-refractivity contribution in [2.24, 2.45) is 0 Å². The van der Waals surface area contributed by atoms with Gasteiger partial charge in [0, 0.05) is 31.4 Å². The quantitative estimate of drug-likeness (QED) is 0.240. The van der Waals surface area contributed by atoms with E-state index in [-0.39, 0.29) is 12.5 Å². The van der Waals surface area contributed by atoms with Crippen molar-refractivity contribution in [2.75, 3.05) is 13.7 Å². The van der Waals surface area contributed by atoms with Crippen LogP contribution in [0.15, 0.2) is 42.5 Å². The largest absolute Gasteiger partial charge is 0.469 e. The van der Waals surface area contributed by atoms with Crippen LogP contribution in [0.2, 0.25) is 0 Å². The van der Waals surface area contributed by atoms with E-state index >= 15 is 0 Å². The van der Waals surface area contributed by atoms with E-state index in [0.717, 1.165) is 18.4 Å². The second-order valence-electron chi connectivity index (χ2n) is 7.87. The number of aliphatic hydroxyl groups is 1. The second-order valence-corrected chi connectivity index (χ2v) is 7.87. The molecule has 2 atom stereocenters. The fraction of sp³-hybridized carbons (Fsp3) is 0.520. The maximum absolute atomic E-state index is 14.0. The number of carbonyl (C=O) groups is 2. The minimum atomic E-state index is -3.38. The Hall–Kier alpha value is -2.72. The Morgan fingerprint density at radius 3 is 2.72 bits per heavy atom. The number of aliphatic hydroxyl groups excluding tert-OH is 1. The highest BCUT2D eigenvalue weighted by molar-refractivity contribution is 5.86. The Morgan fingerprint density at radius 2 is 2.00 bits per heavy atom. The number of unbranched alkanes of at least 4 members (excludes halogenated alkanes) is 3. The summed E-state index contributed by atoms with van der Waals surface area (Å²) in [5, 5.41) is 10.1.